The maximum atomic E-state index is 5.81. The fraction of sp³-hybridized carbons (Fsp3) is 0.0909. The van der Waals surface area contributed by atoms with Gasteiger partial charge >= 0.3 is 0 Å². The lowest BCUT2D eigenvalue weighted by Gasteiger charge is -2.05. The summed E-state index contributed by atoms with van der Waals surface area (Å²) in [6, 6.07) is 7.65. The largest absolute Gasteiger partial charge is 0.383 e. The van der Waals surface area contributed by atoms with E-state index >= 15 is 0 Å². The third-order valence-corrected chi connectivity index (χ3v) is 2.04. The van der Waals surface area contributed by atoms with E-state index < -0.39 is 0 Å². The highest BCUT2D eigenvalue weighted by molar-refractivity contribution is 5.88. The molecule has 0 aliphatic heterocycles. The van der Waals surface area contributed by atoms with Crippen LogP contribution in [-0.4, -0.2) is 16.5 Å². The van der Waals surface area contributed by atoms with Gasteiger partial charge in [0.1, 0.15) is 5.82 Å². The topological polar surface area (TPSA) is 63.8 Å². The van der Waals surface area contributed by atoms with Crippen LogP contribution in [0.5, 0.6) is 0 Å². The molecule has 0 amide bonds. The number of nitrogens with one attached hydrogen (secondary N) is 1. The van der Waals surface area contributed by atoms with Crippen LogP contribution >= 0.6 is 0 Å². The summed E-state index contributed by atoms with van der Waals surface area (Å²) in [6.07, 6.45) is 1.74. The van der Waals surface area contributed by atoms with Crippen LogP contribution in [0.3, 0.4) is 0 Å². The lowest BCUT2D eigenvalue weighted by molar-refractivity contribution is 1.16. The minimum absolute atomic E-state index is 0.493. The summed E-state index contributed by atoms with van der Waals surface area (Å²) in [5.74, 6) is 1.03. The van der Waals surface area contributed by atoms with E-state index in [1.807, 2.05) is 24.3 Å². The first-order valence-corrected chi connectivity index (χ1v) is 4.68. The summed E-state index contributed by atoms with van der Waals surface area (Å²) in [5.41, 5.74) is 6.66. The van der Waals surface area contributed by atoms with E-state index in [-0.39, 0.29) is 0 Å². The molecule has 0 atom stereocenters. The summed E-state index contributed by atoms with van der Waals surface area (Å²) in [5, 5.41) is 3.88. The zero-order valence-corrected chi connectivity index (χ0v) is 8.27. The van der Waals surface area contributed by atoms with Gasteiger partial charge in [-0.05, 0) is 12.1 Å². The van der Waals surface area contributed by atoms with Gasteiger partial charge in [0, 0.05) is 11.9 Å². The van der Waals surface area contributed by atoms with Crippen molar-refractivity contribution in [2.75, 3.05) is 17.6 Å². The number of nitrogen functional groups attached to an aromatic ring is 1. The van der Waals surface area contributed by atoms with Crippen molar-refractivity contribution < 1.29 is 0 Å². The van der Waals surface area contributed by atoms with Crippen LogP contribution in [-0.2, 0) is 0 Å². The molecule has 0 spiro atoms. The Labute approximate surface area is 87.8 Å². The second-order valence-electron chi connectivity index (χ2n) is 3.12. The number of para-hydroxylation sites is 1. The summed E-state index contributed by atoms with van der Waals surface area (Å²) in [6.45, 7) is 4.23. The summed E-state index contributed by atoms with van der Waals surface area (Å²) in [4.78, 5) is 8.47. The molecule has 4 heteroatoms. The quantitative estimate of drug-likeness (QED) is 0.742. The fourth-order valence-electron chi connectivity index (χ4n) is 1.34. The zero-order chi connectivity index (χ0) is 10.7. The van der Waals surface area contributed by atoms with E-state index in [9.17, 15) is 0 Å². The molecule has 1 aromatic heterocycles. The maximum Gasteiger partial charge on any atom is 0.225 e. The second kappa shape index (κ2) is 3.96. The number of hydrogen-bond acceptors (Lipinski definition) is 4. The van der Waals surface area contributed by atoms with E-state index in [1.54, 1.807) is 6.08 Å². The highest BCUT2D eigenvalue weighted by Crippen LogP contribution is 2.18. The number of rotatable bonds is 3. The van der Waals surface area contributed by atoms with Crippen LogP contribution in [0.2, 0.25) is 0 Å². The van der Waals surface area contributed by atoms with Crippen molar-refractivity contribution in [2.45, 2.75) is 0 Å². The van der Waals surface area contributed by atoms with Crippen molar-refractivity contribution in [2.24, 2.45) is 0 Å². The number of benzene rings is 1. The minimum atomic E-state index is 0.493. The Balaban J connectivity index is 2.47. The molecule has 0 aliphatic carbocycles. The normalized spacial score (nSPS) is 10.1. The molecule has 0 unspecified atom stereocenters. The Morgan fingerprint density at radius 1 is 1.33 bits per heavy atom. The number of nitrogens with two attached hydrogens (primary N) is 1. The third-order valence-electron chi connectivity index (χ3n) is 2.04. The van der Waals surface area contributed by atoms with Gasteiger partial charge in [0.15, 0.2) is 0 Å². The molecule has 1 heterocycles. The SMILES string of the molecule is C=CCNc1nc(N)c2ccccc2n1. The number of hydrogen-bond donors (Lipinski definition) is 2. The average Bonchev–Trinajstić information content (AvgIpc) is 2.26. The Hall–Kier alpha value is -2.10. The Bertz CT molecular complexity index is 493. The van der Waals surface area contributed by atoms with Gasteiger partial charge in [0.05, 0.1) is 5.52 Å². The molecule has 2 aromatic rings. The number of nitrogens with zero attached hydrogens (tertiary/aromatic N) is 2. The molecule has 1 aromatic carbocycles. The second-order valence-corrected chi connectivity index (χ2v) is 3.12. The molecule has 0 radical (unpaired) electrons. The molecular weight excluding hydrogens is 188 g/mol. The Morgan fingerprint density at radius 3 is 2.93 bits per heavy atom. The van der Waals surface area contributed by atoms with Crippen LogP contribution in [0, 0.1) is 0 Å². The molecule has 0 aliphatic rings. The van der Waals surface area contributed by atoms with Gasteiger partial charge in [-0.3, -0.25) is 0 Å². The Kier molecular flexibility index (Phi) is 2.49. The standard InChI is InChI=1S/C11H12N4/c1-2-7-13-11-14-9-6-4-3-5-8(9)10(12)15-11/h2-6H,1,7H2,(H3,12,13,14,15). The van der Waals surface area contributed by atoms with Gasteiger partial charge in [-0.15, -0.1) is 6.58 Å². The van der Waals surface area contributed by atoms with Gasteiger partial charge in [-0.1, -0.05) is 18.2 Å². The smallest absolute Gasteiger partial charge is 0.225 e. The molecule has 76 valence electrons. The molecule has 0 bridgehead atoms. The fourth-order valence-corrected chi connectivity index (χ4v) is 1.34. The van der Waals surface area contributed by atoms with Gasteiger partial charge in [0.25, 0.3) is 0 Å². The van der Waals surface area contributed by atoms with Crippen LogP contribution in [0.15, 0.2) is 36.9 Å². The van der Waals surface area contributed by atoms with Crippen LogP contribution in [0.1, 0.15) is 0 Å². The predicted octanol–water partition coefficient (Wildman–Crippen LogP) is 1.81. The van der Waals surface area contributed by atoms with Crippen LogP contribution in [0.25, 0.3) is 10.9 Å². The number of fused-ring (bicyclic) bond motifs is 1. The maximum absolute atomic E-state index is 5.81. The van der Waals surface area contributed by atoms with E-state index in [0.717, 1.165) is 10.9 Å². The van der Waals surface area contributed by atoms with E-state index in [2.05, 4.69) is 21.9 Å². The van der Waals surface area contributed by atoms with Crippen molar-refractivity contribution in [3.63, 3.8) is 0 Å². The van der Waals surface area contributed by atoms with Crippen molar-refractivity contribution in [3.05, 3.63) is 36.9 Å². The average molecular weight is 200 g/mol. The lowest BCUT2D eigenvalue weighted by atomic mass is 10.2. The molecule has 2 rings (SSSR count). The first-order valence-electron chi connectivity index (χ1n) is 4.68. The van der Waals surface area contributed by atoms with Crippen LogP contribution < -0.4 is 11.1 Å². The van der Waals surface area contributed by atoms with Crippen LogP contribution in [0.4, 0.5) is 11.8 Å². The third kappa shape index (κ3) is 1.88. The summed E-state index contributed by atoms with van der Waals surface area (Å²) in [7, 11) is 0. The van der Waals surface area contributed by atoms with Crippen molar-refractivity contribution >= 4 is 22.7 Å². The summed E-state index contributed by atoms with van der Waals surface area (Å²) < 4.78 is 0. The first-order chi connectivity index (χ1) is 7.31. The van der Waals surface area contributed by atoms with Gasteiger partial charge in [-0.25, -0.2) is 4.98 Å². The van der Waals surface area contributed by atoms with Crippen molar-refractivity contribution in [1.82, 2.24) is 9.97 Å². The summed E-state index contributed by atoms with van der Waals surface area (Å²) >= 11 is 0. The highest BCUT2D eigenvalue weighted by Gasteiger charge is 2.02. The number of aromatic nitrogens is 2. The lowest BCUT2D eigenvalue weighted by Crippen LogP contribution is -2.05. The monoisotopic (exact) mass is 200 g/mol. The van der Waals surface area contributed by atoms with Gasteiger partial charge in [0.2, 0.25) is 5.95 Å². The highest BCUT2D eigenvalue weighted by atomic mass is 15.1. The molecular formula is C11H12N4. The first kappa shape index (κ1) is 9.45. The molecule has 0 fully saturated rings. The van der Waals surface area contributed by atoms with E-state index in [1.165, 1.54) is 0 Å². The number of anilines is 2. The zero-order valence-electron chi connectivity index (χ0n) is 8.27. The van der Waals surface area contributed by atoms with E-state index in [4.69, 9.17) is 5.73 Å². The molecule has 3 N–H and O–H groups in total. The molecule has 0 saturated carbocycles. The Morgan fingerprint density at radius 2 is 2.13 bits per heavy atom. The molecule has 4 nitrogen and oxygen atoms in total. The molecule has 0 saturated heterocycles. The van der Waals surface area contributed by atoms with Gasteiger partial charge in [-0.2, -0.15) is 4.98 Å². The molecule has 15 heavy (non-hydrogen) atoms. The van der Waals surface area contributed by atoms with E-state index in [0.29, 0.717) is 18.3 Å². The van der Waals surface area contributed by atoms with Crippen molar-refractivity contribution in [1.29, 1.82) is 0 Å². The predicted molar refractivity (Wildman–Crippen MR) is 62.6 cm³/mol. The van der Waals surface area contributed by atoms with Gasteiger partial charge < -0.3 is 11.1 Å². The minimum Gasteiger partial charge on any atom is -0.383 e. The van der Waals surface area contributed by atoms with Crippen molar-refractivity contribution in [3.8, 4) is 0 Å².